The van der Waals surface area contributed by atoms with Gasteiger partial charge < -0.3 is 10.2 Å². The number of para-hydroxylation sites is 1. The highest BCUT2D eigenvalue weighted by molar-refractivity contribution is 5.59. The lowest BCUT2D eigenvalue weighted by Gasteiger charge is -2.40. The number of nitrogens with one attached hydrogen (secondary N) is 1. The topological polar surface area (TPSA) is 39.1 Å². The monoisotopic (exact) mass is 229 g/mol. The molecule has 0 atom stereocenters. The normalized spacial score (nSPS) is 18.8. The van der Waals surface area contributed by atoms with Crippen molar-refractivity contribution in [2.24, 2.45) is 0 Å². The van der Waals surface area contributed by atoms with Gasteiger partial charge >= 0.3 is 0 Å². The van der Waals surface area contributed by atoms with Crippen molar-refractivity contribution in [3.8, 4) is 6.07 Å². The molecule has 1 N–H and O–H groups in total. The van der Waals surface area contributed by atoms with Gasteiger partial charge in [0.15, 0.2) is 0 Å². The number of benzene rings is 1. The van der Waals surface area contributed by atoms with Crippen molar-refractivity contribution in [2.45, 2.75) is 25.3 Å². The van der Waals surface area contributed by atoms with Crippen molar-refractivity contribution in [2.75, 3.05) is 25.0 Å². The predicted octanol–water partition coefficient (Wildman–Crippen LogP) is 2.14. The van der Waals surface area contributed by atoms with E-state index in [4.69, 9.17) is 5.26 Å². The molecule has 0 aliphatic carbocycles. The first kappa shape index (κ1) is 11.9. The van der Waals surface area contributed by atoms with E-state index in [9.17, 15) is 0 Å². The molecule has 1 saturated heterocycles. The Balaban J connectivity index is 2.14. The lowest BCUT2D eigenvalue weighted by molar-refractivity contribution is 0.305. The molecule has 1 aromatic carbocycles. The smallest absolute Gasteiger partial charge is 0.101 e. The third kappa shape index (κ3) is 2.42. The molecule has 1 aromatic rings. The second kappa shape index (κ2) is 4.77. The van der Waals surface area contributed by atoms with E-state index in [1.54, 1.807) is 0 Å². The number of piperidine rings is 1. The van der Waals surface area contributed by atoms with Gasteiger partial charge in [-0.1, -0.05) is 12.1 Å². The fraction of sp³-hybridized carbons (Fsp3) is 0.500. The van der Waals surface area contributed by atoms with Crippen LogP contribution in [0.2, 0.25) is 0 Å². The fourth-order valence-electron chi connectivity index (χ4n) is 2.34. The third-order valence-corrected chi connectivity index (χ3v) is 3.84. The molecule has 0 radical (unpaired) electrons. The Morgan fingerprint density at radius 3 is 2.53 bits per heavy atom. The summed E-state index contributed by atoms with van der Waals surface area (Å²) in [6, 6.07) is 10.1. The average Bonchev–Trinajstić information content (AvgIpc) is 2.40. The van der Waals surface area contributed by atoms with Gasteiger partial charge in [-0.3, -0.25) is 0 Å². The van der Waals surface area contributed by atoms with Crippen molar-refractivity contribution in [1.82, 2.24) is 5.32 Å². The van der Waals surface area contributed by atoms with Crippen molar-refractivity contribution in [3.63, 3.8) is 0 Å². The summed E-state index contributed by atoms with van der Waals surface area (Å²) in [7, 11) is 2.03. The molecule has 0 amide bonds. The van der Waals surface area contributed by atoms with E-state index in [-0.39, 0.29) is 5.54 Å². The molecule has 1 heterocycles. The Hall–Kier alpha value is -1.53. The van der Waals surface area contributed by atoms with Gasteiger partial charge in [-0.15, -0.1) is 0 Å². The van der Waals surface area contributed by atoms with Gasteiger partial charge in [0.25, 0.3) is 0 Å². The highest BCUT2D eigenvalue weighted by Gasteiger charge is 2.28. The second-order valence-corrected chi connectivity index (χ2v) is 4.93. The van der Waals surface area contributed by atoms with Crippen LogP contribution in [0.5, 0.6) is 0 Å². The van der Waals surface area contributed by atoms with E-state index in [0.29, 0.717) is 0 Å². The summed E-state index contributed by atoms with van der Waals surface area (Å²) in [5, 5.41) is 12.5. The highest BCUT2D eigenvalue weighted by atomic mass is 15.2. The quantitative estimate of drug-likeness (QED) is 0.844. The molecule has 0 saturated carbocycles. The zero-order chi connectivity index (χ0) is 12.3. The van der Waals surface area contributed by atoms with Crippen molar-refractivity contribution < 1.29 is 0 Å². The van der Waals surface area contributed by atoms with Crippen LogP contribution in [0.4, 0.5) is 5.69 Å². The number of anilines is 1. The van der Waals surface area contributed by atoms with Gasteiger partial charge in [-0.25, -0.2) is 0 Å². The summed E-state index contributed by atoms with van der Waals surface area (Å²) in [5.74, 6) is 0. The Morgan fingerprint density at radius 2 is 1.94 bits per heavy atom. The molecule has 0 spiro atoms. The first-order valence-corrected chi connectivity index (χ1v) is 6.11. The molecular formula is C14H19N3. The van der Waals surface area contributed by atoms with E-state index in [2.05, 4.69) is 23.2 Å². The largest absolute Gasteiger partial charge is 0.370 e. The summed E-state index contributed by atoms with van der Waals surface area (Å²) >= 11 is 0. The van der Waals surface area contributed by atoms with Gasteiger partial charge in [0.2, 0.25) is 0 Å². The molecule has 1 aliphatic heterocycles. The first-order chi connectivity index (χ1) is 8.18. The fourth-order valence-corrected chi connectivity index (χ4v) is 2.34. The van der Waals surface area contributed by atoms with Crippen LogP contribution in [0.15, 0.2) is 24.3 Å². The van der Waals surface area contributed by atoms with E-state index in [0.717, 1.165) is 37.2 Å². The maximum Gasteiger partial charge on any atom is 0.101 e. The zero-order valence-electron chi connectivity index (χ0n) is 10.5. The lowest BCUT2D eigenvalue weighted by Crippen LogP contribution is -2.50. The summed E-state index contributed by atoms with van der Waals surface area (Å²) in [6.07, 6.45) is 2.23. The minimum atomic E-state index is 0.248. The van der Waals surface area contributed by atoms with Crippen LogP contribution in [0.1, 0.15) is 25.3 Å². The van der Waals surface area contributed by atoms with Crippen molar-refractivity contribution in [3.05, 3.63) is 29.8 Å². The standard InChI is InChI=1S/C14H19N3/c1-14(16-2)7-9-17(10-8-14)13-6-4-3-5-12(13)11-15/h3-6,16H,7-10H2,1-2H3. The van der Waals surface area contributed by atoms with Crippen LogP contribution in [0, 0.1) is 11.3 Å². The number of nitriles is 1. The highest BCUT2D eigenvalue weighted by Crippen LogP contribution is 2.27. The van der Waals surface area contributed by atoms with Crippen LogP contribution < -0.4 is 10.2 Å². The minimum Gasteiger partial charge on any atom is -0.370 e. The summed E-state index contributed by atoms with van der Waals surface area (Å²) in [4.78, 5) is 2.32. The number of hydrogen-bond donors (Lipinski definition) is 1. The van der Waals surface area contributed by atoms with Crippen LogP contribution in [0.25, 0.3) is 0 Å². The van der Waals surface area contributed by atoms with Crippen LogP contribution in [-0.4, -0.2) is 25.7 Å². The number of rotatable bonds is 2. The van der Waals surface area contributed by atoms with E-state index >= 15 is 0 Å². The molecule has 0 unspecified atom stereocenters. The van der Waals surface area contributed by atoms with E-state index in [1.165, 1.54) is 0 Å². The molecule has 3 heteroatoms. The third-order valence-electron chi connectivity index (χ3n) is 3.84. The van der Waals surface area contributed by atoms with Crippen LogP contribution in [0.3, 0.4) is 0 Å². The molecule has 90 valence electrons. The van der Waals surface area contributed by atoms with Crippen molar-refractivity contribution in [1.29, 1.82) is 5.26 Å². The Morgan fingerprint density at radius 1 is 1.29 bits per heavy atom. The lowest BCUT2D eigenvalue weighted by atomic mass is 9.89. The molecule has 0 bridgehead atoms. The molecular weight excluding hydrogens is 210 g/mol. The first-order valence-electron chi connectivity index (χ1n) is 6.11. The molecule has 0 aromatic heterocycles. The summed E-state index contributed by atoms with van der Waals surface area (Å²) < 4.78 is 0. The number of hydrogen-bond acceptors (Lipinski definition) is 3. The Labute approximate surface area is 103 Å². The average molecular weight is 229 g/mol. The summed E-state index contributed by atoms with van der Waals surface area (Å²) in [5.41, 5.74) is 2.10. The molecule has 1 fully saturated rings. The van der Waals surface area contributed by atoms with Crippen LogP contribution in [-0.2, 0) is 0 Å². The predicted molar refractivity (Wildman–Crippen MR) is 70.1 cm³/mol. The Kier molecular flexibility index (Phi) is 3.35. The van der Waals surface area contributed by atoms with Gasteiger partial charge in [0.1, 0.15) is 6.07 Å². The van der Waals surface area contributed by atoms with Crippen molar-refractivity contribution >= 4 is 5.69 Å². The molecule has 2 rings (SSSR count). The zero-order valence-corrected chi connectivity index (χ0v) is 10.5. The minimum absolute atomic E-state index is 0.248. The maximum absolute atomic E-state index is 9.11. The van der Waals surface area contributed by atoms with E-state index in [1.807, 2.05) is 31.3 Å². The molecule has 3 nitrogen and oxygen atoms in total. The van der Waals surface area contributed by atoms with E-state index < -0.39 is 0 Å². The molecule has 1 aliphatic rings. The summed E-state index contributed by atoms with van der Waals surface area (Å²) in [6.45, 7) is 4.28. The second-order valence-electron chi connectivity index (χ2n) is 4.93. The SMILES string of the molecule is CNC1(C)CCN(c2ccccc2C#N)CC1. The Bertz CT molecular complexity index is 425. The molecule has 17 heavy (non-hydrogen) atoms. The van der Waals surface area contributed by atoms with Gasteiger partial charge in [-0.2, -0.15) is 5.26 Å². The van der Waals surface area contributed by atoms with Gasteiger partial charge in [0, 0.05) is 18.6 Å². The number of nitrogens with zero attached hydrogens (tertiary/aromatic N) is 2. The van der Waals surface area contributed by atoms with Gasteiger partial charge in [0.05, 0.1) is 11.3 Å². The maximum atomic E-state index is 9.11. The van der Waals surface area contributed by atoms with Gasteiger partial charge in [-0.05, 0) is 38.9 Å². The van der Waals surface area contributed by atoms with Crippen LogP contribution >= 0.6 is 0 Å².